The lowest BCUT2D eigenvalue weighted by Gasteiger charge is -2.25. The summed E-state index contributed by atoms with van der Waals surface area (Å²) in [6, 6.07) is 10.0. The number of amides is 2. The number of benzene rings is 2. The number of nitrogens with one attached hydrogen (secondary N) is 2. The maximum absolute atomic E-state index is 13.2. The third-order valence-electron chi connectivity index (χ3n) is 5.46. The highest BCUT2D eigenvalue weighted by Crippen LogP contribution is 2.38. The van der Waals surface area contributed by atoms with Crippen LogP contribution in [-0.4, -0.2) is 40.8 Å². The van der Waals surface area contributed by atoms with Gasteiger partial charge in [0.25, 0.3) is 5.91 Å². The molecule has 0 fully saturated rings. The van der Waals surface area contributed by atoms with Gasteiger partial charge in [0.1, 0.15) is 12.1 Å². The molecule has 7 nitrogen and oxygen atoms in total. The van der Waals surface area contributed by atoms with E-state index in [4.69, 9.17) is 0 Å². The van der Waals surface area contributed by atoms with Crippen LogP contribution in [-0.2, 0) is 9.59 Å². The van der Waals surface area contributed by atoms with E-state index in [0.717, 1.165) is 0 Å². The SMILES string of the molecule is CC(C)C(NC(=O)C(NC(=O)c1cccc2c1-c1ccccc1C2=O)C(C)C)C(=O)O. The van der Waals surface area contributed by atoms with Crippen molar-refractivity contribution in [2.45, 2.75) is 39.8 Å². The van der Waals surface area contributed by atoms with Crippen LogP contribution in [0, 0.1) is 11.8 Å². The summed E-state index contributed by atoms with van der Waals surface area (Å²) in [6.07, 6.45) is 0. The first-order chi connectivity index (χ1) is 14.6. The van der Waals surface area contributed by atoms with Crippen molar-refractivity contribution in [3.05, 3.63) is 59.2 Å². The highest BCUT2D eigenvalue weighted by Gasteiger charge is 2.33. The van der Waals surface area contributed by atoms with Crippen molar-refractivity contribution in [3.8, 4) is 11.1 Å². The molecule has 2 atom stereocenters. The van der Waals surface area contributed by atoms with Gasteiger partial charge in [-0.2, -0.15) is 0 Å². The molecule has 31 heavy (non-hydrogen) atoms. The topological polar surface area (TPSA) is 113 Å². The summed E-state index contributed by atoms with van der Waals surface area (Å²) < 4.78 is 0. The third-order valence-corrected chi connectivity index (χ3v) is 5.46. The zero-order valence-corrected chi connectivity index (χ0v) is 17.9. The Morgan fingerprint density at radius 3 is 1.94 bits per heavy atom. The van der Waals surface area contributed by atoms with Crippen molar-refractivity contribution >= 4 is 23.6 Å². The fourth-order valence-corrected chi connectivity index (χ4v) is 3.78. The van der Waals surface area contributed by atoms with E-state index in [-0.39, 0.29) is 17.6 Å². The van der Waals surface area contributed by atoms with Crippen molar-refractivity contribution in [1.82, 2.24) is 10.6 Å². The molecule has 3 rings (SSSR count). The average molecular weight is 422 g/mol. The quantitative estimate of drug-likeness (QED) is 0.542. The van der Waals surface area contributed by atoms with Crippen LogP contribution in [0.5, 0.6) is 0 Å². The Morgan fingerprint density at radius 1 is 0.774 bits per heavy atom. The van der Waals surface area contributed by atoms with E-state index < -0.39 is 29.9 Å². The van der Waals surface area contributed by atoms with E-state index in [1.807, 2.05) is 0 Å². The molecule has 1 aliphatic carbocycles. The Morgan fingerprint density at radius 2 is 1.35 bits per heavy atom. The zero-order valence-electron chi connectivity index (χ0n) is 17.9. The fourth-order valence-electron chi connectivity index (χ4n) is 3.78. The van der Waals surface area contributed by atoms with Crippen LogP contribution in [0.25, 0.3) is 11.1 Å². The van der Waals surface area contributed by atoms with E-state index in [9.17, 15) is 24.3 Å². The van der Waals surface area contributed by atoms with Crippen LogP contribution < -0.4 is 10.6 Å². The molecular weight excluding hydrogens is 396 g/mol. The van der Waals surface area contributed by atoms with Gasteiger partial charge in [0.15, 0.2) is 5.78 Å². The van der Waals surface area contributed by atoms with Crippen LogP contribution in [0.15, 0.2) is 42.5 Å². The highest BCUT2D eigenvalue weighted by molar-refractivity contribution is 6.24. The number of carbonyl (C=O) groups is 4. The molecule has 0 aromatic heterocycles. The lowest BCUT2D eigenvalue weighted by Crippen LogP contribution is -2.55. The van der Waals surface area contributed by atoms with E-state index in [2.05, 4.69) is 10.6 Å². The van der Waals surface area contributed by atoms with Gasteiger partial charge in [-0.3, -0.25) is 14.4 Å². The lowest BCUT2D eigenvalue weighted by atomic mass is 9.97. The fraction of sp³-hybridized carbons (Fsp3) is 0.333. The van der Waals surface area contributed by atoms with Gasteiger partial charge in [0, 0.05) is 22.3 Å². The number of hydrogen-bond acceptors (Lipinski definition) is 4. The maximum atomic E-state index is 13.2. The third kappa shape index (κ3) is 4.21. The minimum Gasteiger partial charge on any atom is -0.480 e. The van der Waals surface area contributed by atoms with Crippen LogP contribution in [0.2, 0.25) is 0 Å². The molecule has 0 radical (unpaired) electrons. The van der Waals surface area contributed by atoms with Crippen molar-refractivity contribution < 1.29 is 24.3 Å². The predicted molar refractivity (Wildman–Crippen MR) is 116 cm³/mol. The van der Waals surface area contributed by atoms with Gasteiger partial charge in [-0.1, -0.05) is 64.1 Å². The van der Waals surface area contributed by atoms with Gasteiger partial charge in [-0.15, -0.1) is 0 Å². The monoisotopic (exact) mass is 422 g/mol. The summed E-state index contributed by atoms with van der Waals surface area (Å²) in [5, 5.41) is 14.6. The summed E-state index contributed by atoms with van der Waals surface area (Å²) in [6.45, 7) is 6.93. The smallest absolute Gasteiger partial charge is 0.326 e. The largest absolute Gasteiger partial charge is 0.480 e. The molecule has 0 heterocycles. The van der Waals surface area contributed by atoms with Gasteiger partial charge < -0.3 is 15.7 Å². The standard InChI is InChI=1S/C24H26N2O5/c1-12(2)19(23(29)26-20(13(3)4)24(30)31)25-22(28)17-11-7-10-16-18(17)14-8-5-6-9-15(14)21(16)27/h5-13,19-20H,1-4H3,(H,25,28)(H,26,29)(H,30,31). The summed E-state index contributed by atoms with van der Waals surface area (Å²) >= 11 is 0. The molecule has 2 unspecified atom stereocenters. The predicted octanol–water partition coefficient (Wildman–Crippen LogP) is 2.88. The van der Waals surface area contributed by atoms with Gasteiger partial charge in [-0.25, -0.2) is 4.79 Å². The molecule has 162 valence electrons. The van der Waals surface area contributed by atoms with Gasteiger partial charge >= 0.3 is 5.97 Å². The molecule has 7 heteroatoms. The van der Waals surface area contributed by atoms with Crippen molar-refractivity contribution in [2.75, 3.05) is 0 Å². The number of ketones is 1. The van der Waals surface area contributed by atoms with Crippen molar-refractivity contribution in [2.24, 2.45) is 11.8 Å². The Balaban J connectivity index is 1.90. The van der Waals surface area contributed by atoms with Gasteiger partial charge in [0.05, 0.1) is 0 Å². The number of hydrogen-bond donors (Lipinski definition) is 3. The van der Waals surface area contributed by atoms with E-state index in [1.54, 1.807) is 70.2 Å². The second-order valence-corrected chi connectivity index (χ2v) is 8.37. The lowest BCUT2D eigenvalue weighted by molar-refractivity contribution is -0.143. The molecule has 0 saturated heterocycles. The Hall–Kier alpha value is -3.48. The number of fused-ring (bicyclic) bond motifs is 3. The minimum atomic E-state index is -1.13. The van der Waals surface area contributed by atoms with E-state index in [1.165, 1.54) is 0 Å². The second-order valence-electron chi connectivity index (χ2n) is 8.37. The first-order valence-corrected chi connectivity index (χ1v) is 10.2. The first-order valence-electron chi connectivity index (χ1n) is 10.2. The summed E-state index contributed by atoms with van der Waals surface area (Å²) in [5.74, 6) is -2.92. The Bertz CT molecular complexity index is 1060. The summed E-state index contributed by atoms with van der Waals surface area (Å²) in [5.41, 5.74) is 2.52. The van der Waals surface area contributed by atoms with Crippen LogP contribution in [0.3, 0.4) is 0 Å². The zero-order chi connectivity index (χ0) is 22.9. The molecule has 2 aromatic carbocycles. The Kier molecular flexibility index (Phi) is 6.24. The van der Waals surface area contributed by atoms with Crippen molar-refractivity contribution in [1.29, 1.82) is 0 Å². The maximum Gasteiger partial charge on any atom is 0.326 e. The molecule has 0 aliphatic heterocycles. The molecule has 3 N–H and O–H groups in total. The summed E-state index contributed by atoms with van der Waals surface area (Å²) in [7, 11) is 0. The van der Waals surface area contributed by atoms with Crippen LogP contribution in [0.1, 0.15) is 54.0 Å². The normalized spacial score (nSPS) is 14.1. The molecular formula is C24H26N2O5. The minimum absolute atomic E-state index is 0.139. The average Bonchev–Trinajstić information content (AvgIpc) is 3.02. The van der Waals surface area contributed by atoms with Gasteiger partial charge in [0.2, 0.25) is 5.91 Å². The summed E-state index contributed by atoms with van der Waals surface area (Å²) in [4.78, 5) is 50.1. The van der Waals surface area contributed by atoms with Crippen LogP contribution in [0.4, 0.5) is 0 Å². The molecule has 1 aliphatic rings. The Labute approximate surface area is 180 Å². The highest BCUT2D eigenvalue weighted by atomic mass is 16.4. The number of rotatable bonds is 7. The molecule has 2 aromatic rings. The second kappa shape index (κ2) is 8.71. The number of carboxylic acid groups (broad SMARTS) is 1. The molecule has 0 saturated carbocycles. The number of carbonyl (C=O) groups excluding carboxylic acids is 3. The van der Waals surface area contributed by atoms with Crippen LogP contribution >= 0.6 is 0 Å². The number of aliphatic carboxylic acids is 1. The van der Waals surface area contributed by atoms with Crippen molar-refractivity contribution in [3.63, 3.8) is 0 Å². The first kappa shape index (κ1) is 22.2. The van der Waals surface area contributed by atoms with Gasteiger partial charge in [-0.05, 0) is 23.5 Å². The van der Waals surface area contributed by atoms with E-state index in [0.29, 0.717) is 27.8 Å². The molecule has 0 bridgehead atoms. The molecule has 2 amide bonds. The molecule has 0 spiro atoms. The number of carboxylic acids is 1. The van der Waals surface area contributed by atoms with E-state index >= 15 is 0 Å².